The third kappa shape index (κ3) is 3.13. The molecule has 88 valence electrons. The van der Waals surface area contributed by atoms with E-state index in [1.807, 2.05) is 6.07 Å². The lowest BCUT2D eigenvalue weighted by molar-refractivity contribution is 0.607. The van der Waals surface area contributed by atoms with Gasteiger partial charge in [0.15, 0.2) is 0 Å². The summed E-state index contributed by atoms with van der Waals surface area (Å²) in [4.78, 5) is -0.0139. The van der Waals surface area contributed by atoms with Crippen LogP contribution in [0.15, 0.2) is 48.5 Å². The molecule has 0 radical (unpaired) electrons. The SMILES string of the molecule is Fc1ccc(C(Br)Cc2ccccc2F)cc1. The molecule has 0 nitrogen and oxygen atoms in total. The maximum atomic E-state index is 13.4. The molecule has 0 aliphatic heterocycles. The molecule has 0 amide bonds. The second kappa shape index (κ2) is 5.41. The molecule has 0 N–H and O–H groups in total. The predicted octanol–water partition coefficient (Wildman–Crippen LogP) is 4.64. The third-order valence-corrected chi connectivity index (χ3v) is 3.44. The van der Waals surface area contributed by atoms with Crippen molar-refractivity contribution in [2.24, 2.45) is 0 Å². The summed E-state index contributed by atoms with van der Waals surface area (Å²) in [5.74, 6) is -0.474. The highest BCUT2D eigenvalue weighted by atomic mass is 79.9. The summed E-state index contributed by atoms with van der Waals surface area (Å²) < 4.78 is 26.2. The zero-order valence-corrected chi connectivity index (χ0v) is 10.6. The van der Waals surface area contributed by atoms with E-state index in [1.54, 1.807) is 24.3 Å². The number of halogens is 3. The van der Waals surface area contributed by atoms with Crippen molar-refractivity contribution in [3.05, 3.63) is 71.3 Å². The van der Waals surface area contributed by atoms with Crippen LogP contribution in [0.4, 0.5) is 8.78 Å². The summed E-state index contributed by atoms with van der Waals surface area (Å²) in [7, 11) is 0. The van der Waals surface area contributed by atoms with E-state index in [9.17, 15) is 8.78 Å². The van der Waals surface area contributed by atoms with Crippen molar-refractivity contribution < 1.29 is 8.78 Å². The van der Waals surface area contributed by atoms with Crippen LogP contribution in [0, 0.1) is 11.6 Å². The van der Waals surface area contributed by atoms with E-state index < -0.39 is 0 Å². The molecule has 0 saturated carbocycles. The van der Waals surface area contributed by atoms with Gasteiger partial charge in [-0.1, -0.05) is 46.3 Å². The highest BCUT2D eigenvalue weighted by Gasteiger charge is 2.11. The Hall–Kier alpha value is -1.22. The number of rotatable bonds is 3. The first kappa shape index (κ1) is 12.2. The van der Waals surface area contributed by atoms with E-state index >= 15 is 0 Å². The molecule has 0 aliphatic carbocycles. The Morgan fingerprint density at radius 1 is 0.941 bits per heavy atom. The minimum Gasteiger partial charge on any atom is -0.207 e. The fraction of sp³-hybridized carbons (Fsp3) is 0.143. The van der Waals surface area contributed by atoms with E-state index in [1.165, 1.54) is 18.2 Å². The normalized spacial score (nSPS) is 12.4. The minimum atomic E-state index is -0.264. The number of hydrogen-bond donors (Lipinski definition) is 0. The molecule has 0 heterocycles. The summed E-state index contributed by atoms with van der Waals surface area (Å²) in [6.07, 6.45) is 0.540. The number of alkyl halides is 1. The molecule has 0 fully saturated rings. The molecule has 2 aromatic rings. The van der Waals surface area contributed by atoms with Crippen molar-refractivity contribution in [1.29, 1.82) is 0 Å². The molecule has 0 bridgehead atoms. The maximum Gasteiger partial charge on any atom is 0.126 e. The first-order valence-electron chi connectivity index (χ1n) is 5.30. The van der Waals surface area contributed by atoms with E-state index in [0.29, 0.717) is 12.0 Å². The van der Waals surface area contributed by atoms with Gasteiger partial charge in [0.05, 0.1) is 0 Å². The van der Waals surface area contributed by atoms with Crippen LogP contribution in [-0.2, 0) is 6.42 Å². The van der Waals surface area contributed by atoms with Crippen LogP contribution in [0.2, 0.25) is 0 Å². The van der Waals surface area contributed by atoms with Crippen LogP contribution in [-0.4, -0.2) is 0 Å². The van der Waals surface area contributed by atoms with Gasteiger partial charge in [-0.2, -0.15) is 0 Å². The zero-order valence-electron chi connectivity index (χ0n) is 9.04. The van der Waals surface area contributed by atoms with Crippen molar-refractivity contribution in [2.75, 3.05) is 0 Å². The van der Waals surface area contributed by atoms with Crippen LogP contribution in [0.25, 0.3) is 0 Å². The summed E-state index contributed by atoms with van der Waals surface area (Å²) >= 11 is 3.49. The Morgan fingerprint density at radius 3 is 2.24 bits per heavy atom. The lowest BCUT2D eigenvalue weighted by Gasteiger charge is -2.10. The van der Waals surface area contributed by atoms with Crippen molar-refractivity contribution >= 4 is 15.9 Å². The van der Waals surface area contributed by atoms with Gasteiger partial charge in [-0.25, -0.2) is 8.78 Å². The van der Waals surface area contributed by atoms with Gasteiger partial charge >= 0.3 is 0 Å². The molecule has 17 heavy (non-hydrogen) atoms. The van der Waals surface area contributed by atoms with Gasteiger partial charge in [0, 0.05) is 4.83 Å². The molecule has 1 atom stereocenters. The molecule has 1 unspecified atom stereocenters. The van der Waals surface area contributed by atoms with E-state index in [-0.39, 0.29) is 16.5 Å². The Kier molecular flexibility index (Phi) is 3.89. The van der Waals surface area contributed by atoms with Crippen molar-refractivity contribution in [1.82, 2.24) is 0 Å². The highest BCUT2D eigenvalue weighted by molar-refractivity contribution is 9.09. The van der Waals surface area contributed by atoms with Gasteiger partial charge in [-0.3, -0.25) is 0 Å². The molecule has 0 aromatic heterocycles. The molecular weight excluding hydrogens is 286 g/mol. The average molecular weight is 297 g/mol. The Labute approximate surface area is 107 Å². The van der Waals surface area contributed by atoms with Gasteiger partial charge in [-0.05, 0) is 35.7 Å². The second-order valence-electron chi connectivity index (χ2n) is 3.81. The van der Waals surface area contributed by atoms with Gasteiger partial charge in [0.25, 0.3) is 0 Å². The largest absolute Gasteiger partial charge is 0.207 e. The molecular formula is C14H11BrF2. The lowest BCUT2D eigenvalue weighted by atomic mass is 10.0. The minimum absolute atomic E-state index is 0.0139. The summed E-state index contributed by atoms with van der Waals surface area (Å²) in [6.45, 7) is 0. The monoisotopic (exact) mass is 296 g/mol. The fourth-order valence-corrected chi connectivity index (χ4v) is 2.30. The quantitative estimate of drug-likeness (QED) is 0.724. The standard InChI is InChI=1S/C14H11BrF2/c15-13(10-5-7-12(16)8-6-10)9-11-3-1-2-4-14(11)17/h1-8,13H,9H2. The Morgan fingerprint density at radius 2 is 1.59 bits per heavy atom. The molecule has 0 saturated heterocycles. The molecule has 3 heteroatoms. The van der Waals surface area contributed by atoms with Crippen LogP contribution >= 0.6 is 15.9 Å². The first-order chi connectivity index (χ1) is 8.16. The second-order valence-corrected chi connectivity index (χ2v) is 4.92. The highest BCUT2D eigenvalue weighted by Crippen LogP contribution is 2.27. The van der Waals surface area contributed by atoms with Crippen molar-refractivity contribution in [3.63, 3.8) is 0 Å². The van der Waals surface area contributed by atoms with Crippen molar-refractivity contribution in [2.45, 2.75) is 11.2 Å². The third-order valence-electron chi connectivity index (χ3n) is 2.59. The smallest absolute Gasteiger partial charge is 0.126 e. The zero-order chi connectivity index (χ0) is 12.3. The van der Waals surface area contributed by atoms with E-state index in [0.717, 1.165) is 5.56 Å². The van der Waals surface area contributed by atoms with Crippen LogP contribution in [0.1, 0.15) is 16.0 Å². The molecule has 2 aromatic carbocycles. The number of benzene rings is 2. The van der Waals surface area contributed by atoms with Gasteiger partial charge in [0.2, 0.25) is 0 Å². The molecule has 2 rings (SSSR count). The lowest BCUT2D eigenvalue weighted by Crippen LogP contribution is -1.98. The summed E-state index contributed by atoms with van der Waals surface area (Å²) in [6, 6.07) is 12.9. The predicted molar refractivity (Wildman–Crippen MR) is 68.2 cm³/mol. The first-order valence-corrected chi connectivity index (χ1v) is 6.21. The van der Waals surface area contributed by atoms with E-state index in [2.05, 4.69) is 15.9 Å². The van der Waals surface area contributed by atoms with Gasteiger partial charge in [0.1, 0.15) is 11.6 Å². The maximum absolute atomic E-state index is 13.4. The Bertz CT molecular complexity index is 494. The molecule has 0 aliphatic rings. The topological polar surface area (TPSA) is 0 Å². The van der Waals surface area contributed by atoms with Crippen LogP contribution in [0.5, 0.6) is 0 Å². The molecule has 0 spiro atoms. The van der Waals surface area contributed by atoms with Gasteiger partial charge in [-0.15, -0.1) is 0 Å². The summed E-state index contributed by atoms with van der Waals surface area (Å²) in [5.41, 5.74) is 1.59. The fourth-order valence-electron chi connectivity index (χ4n) is 1.65. The van der Waals surface area contributed by atoms with Crippen LogP contribution < -0.4 is 0 Å². The van der Waals surface area contributed by atoms with E-state index in [4.69, 9.17) is 0 Å². The van der Waals surface area contributed by atoms with Gasteiger partial charge < -0.3 is 0 Å². The average Bonchev–Trinajstić information content (AvgIpc) is 2.33. The Balaban J connectivity index is 2.14. The number of hydrogen-bond acceptors (Lipinski definition) is 0. The van der Waals surface area contributed by atoms with Crippen molar-refractivity contribution in [3.8, 4) is 0 Å². The van der Waals surface area contributed by atoms with Crippen LogP contribution in [0.3, 0.4) is 0 Å². The summed E-state index contributed by atoms with van der Waals surface area (Å²) in [5, 5.41) is 0.